The fourth-order valence-electron chi connectivity index (χ4n) is 2.15. The van der Waals surface area contributed by atoms with Gasteiger partial charge in [-0.25, -0.2) is 0 Å². The van der Waals surface area contributed by atoms with Crippen LogP contribution in [0.25, 0.3) is 0 Å². The van der Waals surface area contributed by atoms with Gasteiger partial charge in [-0.1, -0.05) is 5.16 Å². The summed E-state index contributed by atoms with van der Waals surface area (Å²) >= 11 is 1.05. The number of Topliss-reactive ketones (excluding diaryl/α,β-unsaturated/α-hetero) is 1. The molecule has 1 atom stereocenters. The summed E-state index contributed by atoms with van der Waals surface area (Å²) in [6, 6.07) is 7.94. The van der Waals surface area contributed by atoms with E-state index in [1.165, 1.54) is 13.8 Å². The monoisotopic (exact) mass is 419 g/mol. The number of hydrogen-bond donors (Lipinski definition) is 2. The van der Waals surface area contributed by atoms with Crippen molar-refractivity contribution in [1.82, 2.24) is 5.16 Å². The highest BCUT2D eigenvalue weighted by atomic mass is 32.2. The number of nitrogens with one attached hydrogen (secondary N) is 2. The lowest BCUT2D eigenvalue weighted by Crippen LogP contribution is -2.30. The fourth-order valence-corrected chi connectivity index (χ4v) is 2.74. The van der Waals surface area contributed by atoms with Crippen LogP contribution in [0, 0.1) is 6.92 Å². The summed E-state index contributed by atoms with van der Waals surface area (Å²) < 4.78 is 9.90. The van der Waals surface area contributed by atoms with E-state index in [4.69, 9.17) is 9.26 Å². The molecule has 1 aromatic heterocycles. The molecule has 0 saturated carbocycles. The Labute approximate surface area is 171 Å². The zero-order valence-corrected chi connectivity index (χ0v) is 17.0. The standard InChI is InChI=1S/C19H21N3O6S/c1-11-8-16(22-28-11)21-17(24)9-29-10-18(25)27-13(3)19(26)20-15-6-4-14(5-7-15)12(2)23/h4-8,13H,9-10H2,1-3H3,(H,20,26)(H,21,22,24)/t13-/m0/s1. The number of esters is 1. The number of hydrogen-bond acceptors (Lipinski definition) is 8. The molecule has 0 saturated heterocycles. The second-order valence-electron chi connectivity index (χ2n) is 6.12. The number of carbonyl (C=O) groups is 4. The van der Waals surface area contributed by atoms with Gasteiger partial charge in [0.15, 0.2) is 17.7 Å². The lowest BCUT2D eigenvalue weighted by atomic mass is 10.1. The first-order chi connectivity index (χ1) is 13.7. The van der Waals surface area contributed by atoms with Crippen molar-refractivity contribution in [3.63, 3.8) is 0 Å². The fraction of sp³-hybridized carbons (Fsp3) is 0.316. The van der Waals surface area contributed by atoms with Gasteiger partial charge in [0.25, 0.3) is 5.91 Å². The highest BCUT2D eigenvalue weighted by molar-refractivity contribution is 8.00. The average Bonchev–Trinajstić information content (AvgIpc) is 3.06. The highest BCUT2D eigenvalue weighted by Crippen LogP contribution is 2.12. The van der Waals surface area contributed by atoms with Crippen LogP contribution in [0.1, 0.15) is 30.0 Å². The van der Waals surface area contributed by atoms with Crippen LogP contribution in [0.5, 0.6) is 0 Å². The summed E-state index contributed by atoms with van der Waals surface area (Å²) in [5.74, 6) is -0.729. The molecule has 0 aliphatic heterocycles. The van der Waals surface area contributed by atoms with Crippen LogP contribution in [-0.2, 0) is 19.1 Å². The number of amides is 2. The van der Waals surface area contributed by atoms with E-state index in [0.29, 0.717) is 22.8 Å². The quantitative estimate of drug-likeness (QED) is 0.469. The van der Waals surface area contributed by atoms with Crippen molar-refractivity contribution in [1.29, 1.82) is 0 Å². The Kier molecular flexibility index (Phi) is 7.96. The zero-order valence-electron chi connectivity index (χ0n) is 16.2. The Morgan fingerprint density at radius 3 is 2.41 bits per heavy atom. The Balaban J connectivity index is 1.69. The molecular weight excluding hydrogens is 398 g/mol. The number of aryl methyl sites for hydroxylation is 1. The summed E-state index contributed by atoms with van der Waals surface area (Å²) in [4.78, 5) is 47.0. The number of ketones is 1. The molecule has 0 spiro atoms. The molecule has 154 valence electrons. The Hall–Kier alpha value is -3.14. The average molecular weight is 419 g/mol. The first-order valence-electron chi connectivity index (χ1n) is 8.67. The van der Waals surface area contributed by atoms with Crippen molar-refractivity contribution in [3.05, 3.63) is 41.7 Å². The maximum atomic E-state index is 12.1. The molecule has 0 bridgehead atoms. The van der Waals surface area contributed by atoms with Gasteiger partial charge in [0.2, 0.25) is 5.91 Å². The predicted octanol–water partition coefficient (Wildman–Crippen LogP) is 2.43. The van der Waals surface area contributed by atoms with Gasteiger partial charge in [-0.05, 0) is 45.0 Å². The number of anilines is 2. The molecule has 29 heavy (non-hydrogen) atoms. The normalized spacial score (nSPS) is 11.4. The van der Waals surface area contributed by atoms with Crippen LogP contribution in [0.3, 0.4) is 0 Å². The maximum Gasteiger partial charge on any atom is 0.316 e. The summed E-state index contributed by atoms with van der Waals surface area (Å²) in [5, 5.41) is 8.77. The maximum absolute atomic E-state index is 12.1. The number of aromatic nitrogens is 1. The number of benzene rings is 1. The lowest BCUT2D eigenvalue weighted by Gasteiger charge is -2.13. The van der Waals surface area contributed by atoms with Crippen LogP contribution >= 0.6 is 11.8 Å². The van der Waals surface area contributed by atoms with E-state index in [1.807, 2.05) is 0 Å². The lowest BCUT2D eigenvalue weighted by molar-refractivity contribution is -0.150. The smallest absolute Gasteiger partial charge is 0.316 e. The van der Waals surface area contributed by atoms with E-state index in [2.05, 4.69) is 15.8 Å². The molecule has 2 amide bonds. The SMILES string of the molecule is CC(=O)c1ccc(NC(=O)[C@H](C)OC(=O)CSCC(=O)Nc2cc(C)on2)cc1. The van der Waals surface area contributed by atoms with E-state index >= 15 is 0 Å². The van der Waals surface area contributed by atoms with E-state index in [9.17, 15) is 19.2 Å². The number of thioether (sulfide) groups is 1. The van der Waals surface area contributed by atoms with Crippen LogP contribution in [0.2, 0.25) is 0 Å². The molecule has 1 heterocycles. The van der Waals surface area contributed by atoms with E-state index in [1.54, 1.807) is 37.3 Å². The molecule has 0 fully saturated rings. The van der Waals surface area contributed by atoms with E-state index in [-0.39, 0.29) is 23.2 Å². The summed E-state index contributed by atoms with van der Waals surface area (Å²) in [5.41, 5.74) is 1.01. The third-order valence-electron chi connectivity index (χ3n) is 3.58. The van der Waals surface area contributed by atoms with Gasteiger partial charge in [0.1, 0.15) is 5.76 Å². The van der Waals surface area contributed by atoms with Gasteiger partial charge < -0.3 is 19.9 Å². The van der Waals surface area contributed by atoms with Crippen LogP contribution < -0.4 is 10.6 Å². The second kappa shape index (κ2) is 10.4. The predicted molar refractivity (Wildman–Crippen MR) is 108 cm³/mol. The number of carbonyl (C=O) groups excluding carboxylic acids is 4. The van der Waals surface area contributed by atoms with Crippen LogP contribution in [-0.4, -0.2) is 46.3 Å². The van der Waals surface area contributed by atoms with Crippen molar-refractivity contribution in [2.45, 2.75) is 26.9 Å². The van der Waals surface area contributed by atoms with Crippen LogP contribution in [0.15, 0.2) is 34.9 Å². The van der Waals surface area contributed by atoms with Crippen molar-refractivity contribution in [3.8, 4) is 0 Å². The number of nitrogens with zero attached hydrogens (tertiary/aromatic N) is 1. The van der Waals surface area contributed by atoms with Gasteiger partial charge in [0, 0.05) is 17.3 Å². The van der Waals surface area contributed by atoms with Gasteiger partial charge in [-0.3, -0.25) is 19.2 Å². The zero-order chi connectivity index (χ0) is 21.4. The Bertz CT molecular complexity index is 894. The number of rotatable bonds is 9. The summed E-state index contributed by atoms with van der Waals surface area (Å²) in [6.07, 6.45) is -1.01. The molecule has 9 nitrogen and oxygen atoms in total. The van der Waals surface area contributed by atoms with Gasteiger partial charge in [-0.2, -0.15) is 0 Å². The molecular formula is C19H21N3O6S. The molecule has 10 heteroatoms. The van der Waals surface area contributed by atoms with Crippen LogP contribution in [0.4, 0.5) is 11.5 Å². The molecule has 0 radical (unpaired) electrons. The first kappa shape index (κ1) is 22.2. The Morgan fingerprint density at radius 1 is 1.14 bits per heavy atom. The first-order valence-corrected chi connectivity index (χ1v) is 9.82. The topological polar surface area (TPSA) is 128 Å². The van der Waals surface area contributed by atoms with Crippen molar-refractivity contribution in [2.24, 2.45) is 0 Å². The highest BCUT2D eigenvalue weighted by Gasteiger charge is 2.18. The van der Waals surface area contributed by atoms with Crippen molar-refractivity contribution < 1.29 is 28.4 Å². The van der Waals surface area contributed by atoms with Gasteiger partial charge in [-0.15, -0.1) is 11.8 Å². The van der Waals surface area contributed by atoms with Gasteiger partial charge >= 0.3 is 5.97 Å². The largest absolute Gasteiger partial charge is 0.452 e. The van der Waals surface area contributed by atoms with Gasteiger partial charge in [0.05, 0.1) is 11.5 Å². The van der Waals surface area contributed by atoms with E-state index in [0.717, 1.165) is 11.8 Å². The minimum absolute atomic E-state index is 0.0179. The minimum atomic E-state index is -1.01. The molecule has 2 N–H and O–H groups in total. The third-order valence-corrected chi connectivity index (χ3v) is 4.49. The minimum Gasteiger partial charge on any atom is -0.452 e. The third kappa shape index (κ3) is 7.41. The van der Waals surface area contributed by atoms with Crippen molar-refractivity contribution in [2.75, 3.05) is 22.1 Å². The Morgan fingerprint density at radius 2 is 1.83 bits per heavy atom. The molecule has 0 unspecified atom stereocenters. The molecule has 0 aliphatic rings. The summed E-state index contributed by atoms with van der Waals surface area (Å²) in [6.45, 7) is 4.60. The molecule has 1 aromatic carbocycles. The number of ether oxygens (including phenoxy) is 1. The molecule has 2 aromatic rings. The van der Waals surface area contributed by atoms with E-state index < -0.39 is 18.0 Å². The molecule has 2 rings (SSSR count). The second-order valence-corrected chi connectivity index (χ2v) is 7.10. The summed E-state index contributed by atoms with van der Waals surface area (Å²) in [7, 11) is 0. The van der Waals surface area contributed by atoms with Crippen molar-refractivity contribution >= 4 is 46.8 Å². The molecule has 0 aliphatic carbocycles.